The van der Waals surface area contributed by atoms with E-state index in [4.69, 9.17) is 4.74 Å². The molecule has 2 heteroatoms. The molecule has 1 nitrogen and oxygen atoms in total. The Labute approximate surface area is 139 Å². The number of rotatable bonds is 4. The summed E-state index contributed by atoms with van der Waals surface area (Å²) in [6.07, 6.45) is 11.2. The second-order valence-corrected chi connectivity index (χ2v) is 7.36. The molecule has 23 heavy (non-hydrogen) atoms. The maximum atomic E-state index is 14.3. The summed E-state index contributed by atoms with van der Waals surface area (Å²) < 4.78 is 19.7. The molecule has 1 saturated carbocycles. The number of allylic oxidation sites excluding steroid dienone is 2. The van der Waals surface area contributed by atoms with E-state index >= 15 is 0 Å². The zero-order chi connectivity index (χ0) is 16.2. The fourth-order valence-electron chi connectivity index (χ4n) is 4.30. The average molecular weight is 316 g/mol. The largest absolute Gasteiger partial charge is 0.494 e. The Morgan fingerprint density at radius 2 is 1.87 bits per heavy atom. The Morgan fingerprint density at radius 3 is 2.48 bits per heavy atom. The summed E-state index contributed by atoms with van der Waals surface area (Å²) in [5.41, 5.74) is 1.95. The monoisotopic (exact) mass is 316 g/mol. The minimum Gasteiger partial charge on any atom is -0.494 e. The van der Waals surface area contributed by atoms with E-state index in [0.717, 1.165) is 36.2 Å². The lowest BCUT2D eigenvalue weighted by Crippen LogP contribution is -2.22. The normalized spacial score (nSPS) is 28.3. The first-order valence-electron chi connectivity index (χ1n) is 9.29. The summed E-state index contributed by atoms with van der Waals surface area (Å²) >= 11 is 0. The molecule has 1 fully saturated rings. The van der Waals surface area contributed by atoms with Gasteiger partial charge in [-0.05, 0) is 74.5 Å². The lowest BCUT2D eigenvalue weighted by Gasteiger charge is -2.34. The SMILES string of the molecule is CCOc1ccc(C2=CCC(C3CCC(C)CC3)CC2)c(F)c1. The van der Waals surface area contributed by atoms with E-state index in [-0.39, 0.29) is 5.82 Å². The first kappa shape index (κ1) is 16.5. The molecule has 0 radical (unpaired) electrons. The highest BCUT2D eigenvalue weighted by atomic mass is 19.1. The van der Waals surface area contributed by atoms with Gasteiger partial charge in [-0.1, -0.05) is 25.8 Å². The molecule has 3 rings (SSSR count). The molecule has 2 aliphatic rings. The van der Waals surface area contributed by atoms with Gasteiger partial charge >= 0.3 is 0 Å². The molecule has 0 aromatic heterocycles. The van der Waals surface area contributed by atoms with Gasteiger partial charge in [-0.2, -0.15) is 0 Å². The van der Waals surface area contributed by atoms with Crippen molar-refractivity contribution in [3.63, 3.8) is 0 Å². The molecule has 0 saturated heterocycles. The molecule has 2 aliphatic carbocycles. The van der Waals surface area contributed by atoms with Crippen LogP contribution in [0.3, 0.4) is 0 Å². The first-order chi connectivity index (χ1) is 11.2. The smallest absolute Gasteiger partial charge is 0.134 e. The standard InChI is InChI=1S/C21H29FO/c1-3-23-19-12-13-20(21(22)14-19)18-10-8-17(9-11-18)16-6-4-15(2)5-7-16/h10,12-17H,3-9,11H2,1-2H3. The Hall–Kier alpha value is -1.31. The van der Waals surface area contributed by atoms with Crippen molar-refractivity contribution < 1.29 is 9.13 Å². The summed E-state index contributed by atoms with van der Waals surface area (Å²) in [7, 11) is 0. The van der Waals surface area contributed by atoms with Crippen molar-refractivity contribution in [2.75, 3.05) is 6.61 Å². The second-order valence-electron chi connectivity index (χ2n) is 7.36. The molecule has 1 aromatic carbocycles. The highest BCUT2D eigenvalue weighted by Crippen LogP contribution is 2.41. The maximum Gasteiger partial charge on any atom is 0.134 e. The van der Waals surface area contributed by atoms with Gasteiger partial charge in [0.1, 0.15) is 11.6 Å². The van der Waals surface area contributed by atoms with Crippen LogP contribution in [0, 0.1) is 23.6 Å². The van der Waals surface area contributed by atoms with Crippen molar-refractivity contribution in [2.45, 2.75) is 58.8 Å². The predicted octanol–water partition coefficient (Wildman–Crippen LogP) is 6.23. The molecule has 0 N–H and O–H groups in total. The third kappa shape index (κ3) is 3.97. The van der Waals surface area contributed by atoms with Gasteiger partial charge < -0.3 is 4.74 Å². The zero-order valence-electron chi connectivity index (χ0n) is 14.5. The Morgan fingerprint density at radius 1 is 1.09 bits per heavy atom. The Bertz CT molecular complexity index is 555. The lowest BCUT2D eigenvalue weighted by atomic mass is 9.71. The van der Waals surface area contributed by atoms with E-state index in [1.807, 2.05) is 19.1 Å². The summed E-state index contributed by atoms with van der Waals surface area (Å²) in [5, 5.41) is 0. The molecular weight excluding hydrogens is 287 g/mol. The maximum absolute atomic E-state index is 14.3. The minimum absolute atomic E-state index is 0.146. The van der Waals surface area contributed by atoms with E-state index < -0.39 is 0 Å². The van der Waals surface area contributed by atoms with Crippen LogP contribution in [-0.4, -0.2) is 6.61 Å². The van der Waals surface area contributed by atoms with Gasteiger partial charge in [0, 0.05) is 11.6 Å². The van der Waals surface area contributed by atoms with Crippen LogP contribution in [0.4, 0.5) is 4.39 Å². The van der Waals surface area contributed by atoms with Crippen molar-refractivity contribution in [2.24, 2.45) is 17.8 Å². The molecule has 0 bridgehead atoms. The van der Waals surface area contributed by atoms with E-state index in [9.17, 15) is 4.39 Å². The summed E-state index contributed by atoms with van der Waals surface area (Å²) in [6, 6.07) is 5.29. The third-order valence-corrected chi connectivity index (χ3v) is 5.78. The molecule has 126 valence electrons. The van der Waals surface area contributed by atoms with E-state index in [1.54, 1.807) is 0 Å². The van der Waals surface area contributed by atoms with Gasteiger partial charge in [0.15, 0.2) is 0 Å². The average Bonchev–Trinajstić information content (AvgIpc) is 2.56. The van der Waals surface area contributed by atoms with Crippen molar-refractivity contribution in [1.29, 1.82) is 0 Å². The fraction of sp³-hybridized carbons (Fsp3) is 0.619. The topological polar surface area (TPSA) is 9.23 Å². The van der Waals surface area contributed by atoms with Crippen molar-refractivity contribution in [1.82, 2.24) is 0 Å². The van der Waals surface area contributed by atoms with E-state index in [0.29, 0.717) is 12.4 Å². The van der Waals surface area contributed by atoms with Crippen molar-refractivity contribution in [3.05, 3.63) is 35.7 Å². The van der Waals surface area contributed by atoms with Crippen LogP contribution in [0.5, 0.6) is 5.75 Å². The number of halogens is 1. The third-order valence-electron chi connectivity index (χ3n) is 5.78. The Kier molecular flexibility index (Phi) is 5.40. The molecule has 1 aromatic rings. The number of ether oxygens (including phenoxy) is 1. The van der Waals surface area contributed by atoms with Crippen LogP contribution in [0.15, 0.2) is 24.3 Å². The minimum atomic E-state index is -0.146. The van der Waals surface area contributed by atoms with Crippen LogP contribution in [0.2, 0.25) is 0 Å². The number of benzene rings is 1. The van der Waals surface area contributed by atoms with Gasteiger partial charge in [-0.15, -0.1) is 0 Å². The molecule has 0 aliphatic heterocycles. The lowest BCUT2D eigenvalue weighted by molar-refractivity contribution is 0.202. The number of hydrogen-bond acceptors (Lipinski definition) is 1. The molecular formula is C21H29FO. The van der Waals surface area contributed by atoms with Gasteiger partial charge in [-0.3, -0.25) is 0 Å². The Balaban J connectivity index is 1.64. The molecule has 1 unspecified atom stereocenters. The van der Waals surface area contributed by atoms with Crippen LogP contribution in [0.1, 0.15) is 64.4 Å². The first-order valence-corrected chi connectivity index (χ1v) is 9.29. The summed E-state index contributed by atoms with van der Waals surface area (Å²) in [4.78, 5) is 0. The van der Waals surface area contributed by atoms with Gasteiger partial charge in [-0.25, -0.2) is 4.39 Å². The van der Waals surface area contributed by atoms with E-state index in [1.165, 1.54) is 43.7 Å². The highest BCUT2D eigenvalue weighted by molar-refractivity contribution is 5.67. The quantitative estimate of drug-likeness (QED) is 0.639. The summed E-state index contributed by atoms with van der Waals surface area (Å²) in [6.45, 7) is 4.87. The zero-order valence-corrected chi connectivity index (χ0v) is 14.5. The molecule has 0 amide bonds. The molecule has 0 heterocycles. The molecule has 1 atom stereocenters. The van der Waals surface area contributed by atoms with E-state index in [2.05, 4.69) is 13.0 Å². The molecule has 0 spiro atoms. The fourth-order valence-corrected chi connectivity index (χ4v) is 4.30. The van der Waals surface area contributed by atoms with Crippen molar-refractivity contribution in [3.8, 4) is 5.75 Å². The van der Waals surface area contributed by atoms with Gasteiger partial charge in [0.2, 0.25) is 0 Å². The van der Waals surface area contributed by atoms with Crippen LogP contribution in [0.25, 0.3) is 5.57 Å². The number of hydrogen-bond donors (Lipinski definition) is 0. The van der Waals surface area contributed by atoms with Crippen LogP contribution in [-0.2, 0) is 0 Å². The van der Waals surface area contributed by atoms with Crippen LogP contribution >= 0.6 is 0 Å². The second kappa shape index (κ2) is 7.51. The highest BCUT2D eigenvalue weighted by Gasteiger charge is 2.27. The van der Waals surface area contributed by atoms with Gasteiger partial charge in [0.05, 0.1) is 6.61 Å². The predicted molar refractivity (Wildman–Crippen MR) is 94.0 cm³/mol. The van der Waals surface area contributed by atoms with Gasteiger partial charge in [0.25, 0.3) is 0 Å². The van der Waals surface area contributed by atoms with Crippen molar-refractivity contribution >= 4 is 5.57 Å². The van der Waals surface area contributed by atoms with Crippen LogP contribution < -0.4 is 4.74 Å². The summed E-state index contributed by atoms with van der Waals surface area (Å²) in [5.74, 6) is 3.11.